The van der Waals surface area contributed by atoms with Crippen LogP contribution >= 0.6 is 12.2 Å². The van der Waals surface area contributed by atoms with E-state index in [4.69, 9.17) is 17.5 Å². The molecule has 1 aromatic heterocycles. The van der Waals surface area contributed by atoms with Gasteiger partial charge in [-0.1, -0.05) is 24.3 Å². The molecule has 0 aliphatic carbocycles. The predicted molar refractivity (Wildman–Crippen MR) is 86.5 cm³/mol. The zero-order valence-electron chi connectivity index (χ0n) is 11.4. The smallest absolute Gasteiger partial charge is 0.270 e. The van der Waals surface area contributed by atoms with E-state index in [1.54, 1.807) is 6.08 Å². The van der Waals surface area contributed by atoms with Crippen molar-refractivity contribution in [1.82, 2.24) is 9.97 Å². The largest absolute Gasteiger partial charge is 0.385 e. The van der Waals surface area contributed by atoms with Crippen molar-refractivity contribution in [3.05, 3.63) is 56.2 Å². The van der Waals surface area contributed by atoms with Gasteiger partial charge in [-0.2, -0.15) is 5.26 Å². The second-order valence-electron chi connectivity index (χ2n) is 4.26. The molecule has 2 aromatic rings. The maximum absolute atomic E-state index is 11.7. The summed E-state index contributed by atoms with van der Waals surface area (Å²) in [5.41, 5.74) is 1.88. The molecule has 21 heavy (non-hydrogen) atoms. The normalized spacial score (nSPS) is 10.5. The van der Waals surface area contributed by atoms with E-state index in [1.165, 1.54) is 0 Å². The third-order valence-electron chi connectivity index (χ3n) is 2.84. The number of nitrogens with zero attached hydrogens (tertiary/aromatic N) is 1. The van der Waals surface area contributed by atoms with Crippen LogP contribution in [0.3, 0.4) is 0 Å². The van der Waals surface area contributed by atoms with Gasteiger partial charge < -0.3 is 10.3 Å². The number of hydrogen-bond donors (Lipinski definition) is 3. The third-order valence-corrected chi connectivity index (χ3v) is 3.05. The van der Waals surface area contributed by atoms with Gasteiger partial charge in [-0.15, -0.1) is 0 Å². The standard InChI is InChI=1S/C15H14N4OS/c1-2-17-12-6-4-3-5-10(12)7-8-13-11(9-16)14(20)19-15(21)18-13/h3-8,17H,2H2,1H3,(H2,18,19,20,21)/b8-7+. The number of benzene rings is 1. The topological polar surface area (TPSA) is 84.5 Å². The highest BCUT2D eigenvalue weighted by Gasteiger charge is 2.05. The summed E-state index contributed by atoms with van der Waals surface area (Å²) in [5, 5.41) is 12.3. The first kappa shape index (κ1) is 14.8. The molecule has 0 bridgehead atoms. The van der Waals surface area contributed by atoms with E-state index in [0.717, 1.165) is 17.8 Å². The second kappa shape index (κ2) is 6.68. The van der Waals surface area contributed by atoms with Crippen LogP contribution in [0.25, 0.3) is 12.2 Å². The van der Waals surface area contributed by atoms with E-state index >= 15 is 0 Å². The van der Waals surface area contributed by atoms with Gasteiger partial charge in [-0.05, 0) is 36.8 Å². The molecule has 0 aliphatic heterocycles. The van der Waals surface area contributed by atoms with Crippen molar-refractivity contribution < 1.29 is 0 Å². The summed E-state index contributed by atoms with van der Waals surface area (Å²) in [4.78, 5) is 16.9. The summed E-state index contributed by atoms with van der Waals surface area (Å²) < 4.78 is 0.193. The van der Waals surface area contributed by atoms with Crippen molar-refractivity contribution in [2.24, 2.45) is 0 Å². The fourth-order valence-electron chi connectivity index (χ4n) is 1.91. The SMILES string of the molecule is CCNc1ccccc1/C=C/c1[nH]c(=S)[nH]c(=O)c1C#N. The lowest BCUT2D eigenvalue weighted by molar-refractivity contribution is 1.06. The summed E-state index contributed by atoms with van der Waals surface area (Å²) in [6, 6.07) is 9.66. The molecule has 0 spiro atoms. The van der Waals surface area contributed by atoms with Crippen LogP contribution in [0.5, 0.6) is 0 Å². The highest BCUT2D eigenvalue weighted by atomic mass is 32.1. The summed E-state index contributed by atoms with van der Waals surface area (Å²) >= 11 is 4.93. The molecule has 0 atom stereocenters. The number of anilines is 1. The first-order valence-electron chi connectivity index (χ1n) is 6.43. The zero-order chi connectivity index (χ0) is 15.2. The Morgan fingerprint density at radius 2 is 2.10 bits per heavy atom. The van der Waals surface area contributed by atoms with Gasteiger partial charge >= 0.3 is 0 Å². The molecule has 106 valence electrons. The summed E-state index contributed by atoms with van der Waals surface area (Å²) in [6.45, 7) is 2.82. The minimum atomic E-state index is -0.485. The Kier molecular flexibility index (Phi) is 4.69. The number of aromatic nitrogens is 2. The highest BCUT2D eigenvalue weighted by molar-refractivity contribution is 7.71. The maximum Gasteiger partial charge on any atom is 0.270 e. The Hall–Kier alpha value is -2.65. The number of nitriles is 1. The molecule has 0 saturated heterocycles. The van der Waals surface area contributed by atoms with Crippen molar-refractivity contribution in [2.75, 3.05) is 11.9 Å². The first-order chi connectivity index (χ1) is 10.2. The van der Waals surface area contributed by atoms with Crippen molar-refractivity contribution in [1.29, 1.82) is 5.26 Å². The Labute approximate surface area is 127 Å². The van der Waals surface area contributed by atoms with Gasteiger partial charge in [0, 0.05) is 12.2 Å². The van der Waals surface area contributed by atoms with Gasteiger partial charge in [0.1, 0.15) is 11.6 Å². The van der Waals surface area contributed by atoms with E-state index in [9.17, 15) is 4.79 Å². The molecule has 0 saturated carbocycles. The average molecular weight is 298 g/mol. The molecule has 3 N–H and O–H groups in total. The van der Waals surface area contributed by atoms with Crippen LogP contribution in [0.4, 0.5) is 5.69 Å². The molecule has 1 heterocycles. The van der Waals surface area contributed by atoms with Crippen LogP contribution in [0.2, 0.25) is 0 Å². The Balaban J connectivity index is 2.46. The highest BCUT2D eigenvalue weighted by Crippen LogP contribution is 2.17. The van der Waals surface area contributed by atoms with Gasteiger partial charge in [0.05, 0.1) is 5.69 Å². The molecule has 0 amide bonds. The zero-order valence-corrected chi connectivity index (χ0v) is 12.3. The summed E-state index contributed by atoms with van der Waals surface area (Å²) in [6.07, 6.45) is 3.51. The second-order valence-corrected chi connectivity index (χ2v) is 4.67. The number of aromatic amines is 2. The van der Waals surface area contributed by atoms with E-state index in [2.05, 4.69) is 15.3 Å². The van der Waals surface area contributed by atoms with Gasteiger partial charge in [-0.25, -0.2) is 0 Å². The van der Waals surface area contributed by atoms with Crippen molar-refractivity contribution >= 4 is 30.1 Å². The molecule has 0 unspecified atom stereocenters. The lowest BCUT2D eigenvalue weighted by Gasteiger charge is -2.06. The fraction of sp³-hybridized carbons (Fsp3) is 0.133. The van der Waals surface area contributed by atoms with Gasteiger partial charge in [0.15, 0.2) is 4.77 Å². The molecule has 2 rings (SSSR count). The Bertz CT molecular complexity index is 827. The number of para-hydroxylation sites is 1. The molecule has 6 heteroatoms. The lowest BCUT2D eigenvalue weighted by Crippen LogP contribution is -2.13. The molecule has 0 fully saturated rings. The Morgan fingerprint density at radius 3 is 2.81 bits per heavy atom. The van der Waals surface area contributed by atoms with Crippen molar-refractivity contribution in [3.8, 4) is 6.07 Å². The van der Waals surface area contributed by atoms with Crippen LogP contribution in [0.1, 0.15) is 23.7 Å². The van der Waals surface area contributed by atoms with Crippen molar-refractivity contribution in [3.63, 3.8) is 0 Å². The minimum absolute atomic E-state index is 0.0146. The summed E-state index contributed by atoms with van der Waals surface area (Å²) in [7, 11) is 0. The molecule has 0 radical (unpaired) electrons. The minimum Gasteiger partial charge on any atom is -0.385 e. The first-order valence-corrected chi connectivity index (χ1v) is 6.84. The monoisotopic (exact) mass is 298 g/mol. The quantitative estimate of drug-likeness (QED) is 0.758. The lowest BCUT2D eigenvalue weighted by atomic mass is 10.1. The van der Waals surface area contributed by atoms with Crippen LogP contribution in [0, 0.1) is 16.1 Å². The molecular formula is C15H14N4OS. The van der Waals surface area contributed by atoms with Crippen molar-refractivity contribution in [2.45, 2.75) is 6.92 Å². The van der Waals surface area contributed by atoms with Crippen LogP contribution in [-0.4, -0.2) is 16.5 Å². The van der Waals surface area contributed by atoms with E-state index in [1.807, 2.05) is 43.3 Å². The van der Waals surface area contributed by atoms with Crippen LogP contribution in [-0.2, 0) is 0 Å². The average Bonchev–Trinajstić information content (AvgIpc) is 2.46. The third kappa shape index (κ3) is 3.46. The van der Waals surface area contributed by atoms with Crippen LogP contribution in [0.15, 0.2) is 29.1 Å². The molecule has 1 aromatic carbocycles. The number of H-pyrrole nitrogens is 2. The maximum atomic E-state index is 11.7. The van der Waals surface area contributed by atoms with Gasteiger partial charge in [-0.3, -0.25) is 9.78 Å². The molecule has 0 aliphatic rings. The van der Waals surface area contributed by atoms with E-state index in [-0.39, 0.29) is 10.3 Å². The fourth-order valence-corrected chi connectivity index (χ4v) is 2.11. The predicted octanol–water partition coefficient (Wildman–Crippen LogP) is 2.91. The Morgan fingerprint density at radius 1 is 1.33 bits per heavy atom. The number of rotatable bonds is 4. The number of hydrogen-bond acceptors (Lipinski definition) is 4. The van der Waals surface area contributed by atoms with E-state index < -0.39 is 5.56 Å². The van der Waals surface area contributed by atoms with E-state index in [0.29, 0.717) is 5.69 Å². The molecular weight excluding hydrogens is 284 g/mol. The molecule has 5 nitrogen and oxygen atoms in total. The summed E-state index contributed by atoms with van der Waals surface area (Å²) in [5.74, 6) is 0. The van der Waals surface area contributed by atoms with Gasteiger partial charge in [0.25, 0.3) is 5.56 Å². The number of nitrogens with one attached hydrogen (secondary N) is 3. The van der Waals surface area contributed by atoms with Crippen LogP contribution < -0.4 is 10.9 Å². The van der Waals surface area contributed by atoms with Gasteiger partial charge in [0.2, 0.25) is 0 Å².